The molecule has 1 rings (SSSR count). The molecule has 1 aromatic rings. The van der Waals surface area contributed by atoms with Crippen LogP contribution in [0.15, 0.2) is 36.4 Å². The van der Waals surface area contributed by atoms with Crippen molar-refractivity contribution in [1.82, 2.24) is 0 Å². The Balaban J connectivity index is 0.000000422. The summed E-state index contributed by atoms with van der Waals surface area (Å²) in [6.07, 6.45) is 2.68. The zero-order chi connectivity index (χ0) is 17.7. The van der Waals surface area contributed by atoms with Crippen LogP contribution in [0.2, 0.25) is 0 Å². The second kappa shape index (κ2) is 12.0. The number of carboxylic acids is 1. The summed E-state index contributed by atoms with van der Waals surface area (Å²) < 4.78 is 23.9. The van der Waals surface area contributed by atoms with Crippen molar-refractivity contribution in [2.75, 3.05) is 13.2 Å². The van der Waals surface area contributed by atoms with E-state index >= 15 is 0 Å². The minimum absolute atomic E-state index is 0.255. The Morgan fingerprint density at radius 3 is 2.09 bits per heavy atom. The molecule has 0 saturated heterocycles. The number of aliphatic carboxylic acids is 1. The van der Waals surface area contributed by atoms with Crippen molar-refractivity contribution in [1.29, 1.82) is 0 Å². The minimum atomic E-state index is -4.53. The van der Waals surface area contributed by atoms with E-state index in [0.717, 1.165) is 11.6 Å². The molecular weight excluding hydrogens is 327 g/mol. The van der Waals surface area contributed by atoms with Gasteiger partial charge >= 0.3 is 13.8 Å². The molecule has 8 nitrogen and oxygen atoms in total. The molecule has 0 atom stereocenters. The van der Waals surface area contributed by atoms with Crippen molar-refractivity contribution in [3.05, 3.63) is 42.0 Å². The maximum atomic E-state index is 10.3. The Morgan fingerprint density at radius 1 is 1.17 bits per heavy atom. The molecule has 0 aliphatic carbocycles. The van der Waals surface area contributed by atoms with Gasteiger partial charge in [0.25, 0.3) is 6.48 Å². The van der Waals surface area contributed by atoms with Gasteiger partial charge in [-0.3, -0.25) is 0 Å². The van der Waals surface area contributed by atoms with Crippen LogP contribution in [-0.4, -0.2) is 40.6 Å². The molecule has 1 aromatic carbocycles. The fraction of sp³-hybridized carbons (Fsp3) is 0.357. The number of ether oxygens (including phenoxy) is 2. The number of benzene rings is 1. The molecule has 3 N–H and O–H groups in total. The highest BCUT2D eigenvalue weighted by Crippen LogP contribution is 2.37. The van der Waals surface area contributed by atoms with Gasteiger partial charge in [-0.05, 0) is 25.5 Å². The van der Waals surface area contributed by atoms with Crippen molar-refractivity contribution in [2.24, 2.45) is 0 Å². The summed E-state index contributed by atoms with van der Waals surface area (Å²) in [5, 5.41) is 8.29. The Bertz CT molecular complexity index is 505. The van der Waals surface area contributed by atoms with Gasteiger partial charge in [-0.25, -0.2) is 13.9 Å². The van der Waals surface area contributed by atoms with E-state index in [-0.39, 0.29) is 13.2 Å². The number of hydrogen-bond donors (Lipinski definition) is 3. The Morgan fingerprint density at radius 2 is 1.70 bits per heavy atom. The van der Waals surface area contributed by atoms with Gasteiger partial charge in [0, 0.05) is 19.3 Å². The van der Waals surface area contributed by atoms with Crippen molar-refractivity contribution in [2.45, 2.75) is 20.3 Å². The summed E-state index contributed by atoms with van der Waals surface area (Å²) in [4.78, 5) is 26.8. The maximum absolute atomic E-state index is 10.3. The highest BCUT2D eigenvalue weighted by molar-refractivity contribution is 7.46. The van der Waals surface area contributed by atoms with Gasteiger partial charge in [0.15, 0.2) is 0 Å². The number of carbonyl (C=O) groups is 1. The number of hydrogen-bond acceptors (Lipinski definition) is 5. The summed E-state index contributed by atoms with van der Waals surface area (Å²) >= 11 is 0. The summed E-state index contributed by atoms with van der Waals surface area (Å²) in [6, 6.07) is 9.31. The lowest BCUT2D eigenvalue weighted by molar-refractivity contribution is -0.248. The van der Waals surface area contributed by atoms with Crippen molar-refractivity contribution in [3.63, 3.8) is 0 Å². The second-order valence-electron chi connectivity index (χ2n) is 3.88. The molecule has 9 heteroatoms. The summed E-state index contributed by atoms with van der Waals surface area (Å²) in [5.41, 5.74) is 0.898. The number of rotatable bonds is 8. The lowest BCUT2D eigenvalue weighted by Crippen LogP contribution is -2.19. The molecule has 0 aromatic heterocycles. The first-order valence-electron chi connectivity index (χ1n) is 6.71. The third-order valence-electron chi connectivity index (χ3n) is 2.05. The van der Waals surface area contributed by atoms with Crippen LogP contribution in [0.3, 0.4) is 0 Å². The molecule has 130 valence electrons. The van der Waals surface area contributed by atoms with E-state index in [0.29, 0.717) is 0 Å². The molecule has 0 aliphatic heterocycles. The van der Waals surface area contributed by atoms with E-state index in [2.05, 4.69) is 4.52 Å². The van der Waals surface area contributed by atoms with Gasteiger partial charge in [0.1, 0.15) is 0 Å². The van der Waals surface area contributed by atoms with E-state index in [1.165, 1.54) is 0 Å². The molecule has 0 spiro atoms. The lowest BCUT2D eigenvalue weighted by Gasteiger charge is -2.16. The van der Waals surface area contributed by atoms with E-state index in [4.69, 9.17) is 24.4 Å². The fourth-order valence-electron chi connectivity index (χ4n) is 1.22. The van der Waals surface area contributed by atoms with Crippen LogP contribution in [0.1, 0.15) is 19.4 Å². The van der Waals surface area contributed by atoms with Crippen LogP contribution < -0.4 is 0 Å². The fourth-order valence-corrected chi connectivity index (χ4v) is 1.57. The Labute approximate surface area is 134 Å². The van der Waals surface area contributed by atoms with Gasteiger partial charge in [-0.1, -0.05) is 30.3 Å². The van der Waals surface area contributed by atoms with Gasteiger partial charge in [-0.15, -0.1) is 0 Å². The first kappa shape index (κ1) is 21.5. The molecule has 23 heavy (non-hydrogen) atoms. The third kappa shape index (κ3) is 13.8. The second-order valence-corrected chi connectivity index (χ2v) is 5.07. The van der Waals surface area contributed by atoms with Gasteiger partial charge < -0.3 is 24.4 Å². The Kier molecular flexibility index (Phi) is 11.2. The average Bonchev–Trinajstić information content (AvgIpc) is 2.46. The summed E-state index contributed by atoms with van der Waals surface area (Å²) in [7, 11) is -4.53. The molecule has 0 unspecified atom stereocenters. The molecule has 0 saturated carbocycles. The summed E-state index contributed by atoms with van der Waals surface area (Å²) in [5.74, 6) is -0.922. The number of phosphoric ester groups is 1. The minimum Gasteiger partial charge on any atom is -0.478 e. The predicted molar refractivity (Wildman–Crippen MR) is 83.3 cm³/mol. The average molecular weight is 348 g/mol. The van der Waals surface area contributed by atoms with Crippen LogP contribution in [0, 0.1) is 0 Å². The van der Waals surface area contributed by atoms with Gasteiger partial charge in [0.05, 0.1) is 0 Å². The lowest BCUT2D eigenvalue weighted by atomic mass is 10.2. The van der Waals surface area contributed by atoms with E-state index < -0.39 is 20.3 Å². The van der Waals surface area contributed by atoms with Crippen molar-refractivity contribution < 1.29 is 38.3 Å². The zero-order valence-electron chi connectivity index (χ0n) is 12.9. The molecule has 0 fully saturated rings. The first-order valence-corrected chi connectivity index (χ1v) is 8.24. The highest BCUT2D eigenvalue weighted by atomic mass is 31.2. The molecule has 0 radical (unpaired) electrons. The number of carboxylic acid groups (broad SMARTS) is 1. The van der Waals surface area contributed by atoms with Gasteiger partial charge in [-0.2, -0.15) is 0 Å². The van der Waals surface area contributed by atoms with Crippen LogP contribution >= 0.6 is 7.82 Å². The molecule has 0 bridgehead atoms. The smallest absolute Gasteiger partial charge is 0.473 e. The van der Waals surface area contributed by atoms with Crippen molar-refractivity contribution >= 4 is 19.9 Å². The zero-order valence-corrected chi connectivity index (χ0v) is 13.8. The van der Waals surface area contributed by atoms with Gasteiger partial charge in [0.2, 0.25) is 0 Å². The standard InChI is InChI=1S/C9H8O2.C5H13O6P/c10-9(11)7-6-8-4-2-1-3-5-8;1-3-9-5(10-4-2)11-12(6,7)8/h1-7H,(H,10,11);5H,3-4H2,1-2H3,(H2,6,7,8). The quantitative estimate of drug-likeness (QED) is 0.371. The highest BCUT2D eigenvalue weighted by Gasteiger charge is 2.22. The molecular formula is C14H21O8P. The summed E-state index contributed by atoms with van der Waals surface area (Å²) in [6.45, 7) is 2.54. The normalized spacial score (nSPS) is 11.3. The maximum Gasteiger partial charge on any atom is 0.473 e. The van der Waals surface area contributed by atoms with Crippen LogP contribution in [0.4, 0.5) is 0 Å². The monoisotopic (exact) mass is 348 g/mol. The van der Waals surface area contributed by atoms with Crippen LogP contribution in [0.25, 0.3) is 6.08 Å². The van der Waals surface area contributed by atoms with Crippen LogP contribution in [0.5, 0.6) is 0 Å². The third-order valence-corrected chi connectivity index (χ3v) is 2.49. The Hall–Kier alpha value is -1.54. The van der Waals surface area contributed by atoms with E-state index in [1.54, 1.807) is 19.9 Å². The molecule has 0 aliphatic rings. The number of phosphoric acid groups is 1. The molecule has 0 amide bonds. The first-order chi connectivity index (χ1) is 10.8. The largest absolute Gasteiger partial charge is 0.478 e. The van der Waals surface area contributed by atoms with Crippen LogP contribution in [-0.2, 0) is 23.4 Å². The topological polar surface area (TPSA) is 123 Å². The van der Waals surface area contributed by atoms with E-state index in [1.807, 2.05) is 30.3 Å². The molecule has 0 heterocycles. The predicted octanol–water partition coefficient (Wildman–Crippen LogP) is 2.24. The SMILES string of the molecule is CCOC(OCC)OP(=O)(O)O.O=C(O)C=Cc1ccccc1. The van der Waals surface area contributed by atoms with E-state index in [9.17, 15) is 9.36 Å². The van der Waals surface area contributed by atoms with Crippen molar-refractivity contribution in [3.8, 4) is 0 Å².